The van der Waals surface area contributed by atoms with Crippen molar-refractivity contribution in [3.63, 3.8) is 0 Å². The van der Waals surface area contributed by atoms with E-state index in [0.717, 1.165) is 37.9 Å². The van der Waals surface area contributed by atoms with Crippen LogP contribution in [0.15, 0.2) is 29.2 Å². The Morgan fingerprint density at radius 2 is 2.17 bits per heavy atom. The van der Waals surface area contributed by atoms with E-state index in [4.69, 9.17) is 4.74 Å². The third kappa shape index (κ3) is 4.40. The van der Waals surface area contributed by atoms with Crippen molar-refractivity contribution in [3.05, 3.63) is 34.8 Å². The number of thiophene rings is 1. The number of hydrogen-bond acceptors (Lipinski definition) is 7. The Bertz CT molecular complexity index is 629. The minimum absolute atomic E-state index is 0.0512. The number of rotatable bonds is 6. The van der Waals surface area contributed by atoms with Crippen LogP contribution in [0.5, 0.6) is 0 Å². The van der Waals surface area contributed by atoms with Gasteiger partial charge in [-0.15, -0.1) is 0 Å². The monoisotopic (exact) mass is 333 g/mol. The molecule has 2 aromatic heterocycles. The van der Waals surface area contributed by atoms with Crippen molar-refractivity contribution in [1.82, 2.24) is 15.3 Å². The van der Waals surface area contributed by atoms with E-state index in [-0.39, 0.29) is 5.91 Å². The fourth-order valence-electron chi connectivity index (χ4n) is 2.27. The lowest BCUT2D eigenvalue weighted by molar-refractivity contribution is 0.0955. The predicted molar refractivity (Wildman–Crippen MR) is 90.2 cm³/mol. The topological polar surface area (TPSA) is 79.4 Å². The maximum Gasteiger partial charge on any atom is 0.252 e. The second kappa shape index (κ2) is 7.89. The maximum atomic E-state index is 11.8. The number of amides is 1. The smallest absolute Gasteiger partial charge is 0.252 e. The molecular weight excluding hydrogens is 314 g/mol. The maximum absolute atomic E-state index is 11.8. The standard InChI is InChI=1S/C15H19N5O2S/c21-15(12-1-8-23-10-12)17-3-2-16-13-9-14(19-11-18-13)20-4-6-22-7-5-20/h1,8-11H,2-7H2,(H,17,21)(H,16,18,19). The first kappa shape index (κ1) is 15.7. The van der Waals surface area contributed by atoms with Gasteiger partial charge < -0.3 is 20.3 Å². The molecule has 8 heteroatoms. The molecule has 0 unspecified atom stereocenters. The molecule has 3 rings (SSSR count). The van der Waals surface area contributed by atoms with Crippen LogP contribution in [0.1, 0.15) is 10.4 Å². The fourth-order valence-corrected chi connectivity index (χ4v) is 2.91. The third-order valence-electron chi connectivity index (χ3n) is 3.49. The molecule has 1 saturated heterocycles. The molecule has 0 bridgehead atoms. The van der Waals surface area contributed by atoms with E-state index < -0.39 is 0 Å². The number of hydrogen-bond donors (Lipinski definition) is 2. The van der Waals surface area contributed by atoms with Gasteiger partial charge in [0.15, 0.2) is 0 Å². The largest absolute Gasteiger partial charge is 0.378 e. The van der Waals surface area contributed by atoms with Gasteiger partial charge in [-0.25, -0.2) is 9.97 Å². The van der Waals surface area contributed by atoms with Gasteiger partial charge in [0.1, 0.15) is 18.0 Å². The zero-order valence-electron chi connectivity index (χ0n) is 12.7. The summed E-state index contributed by atoms with van der Waals surface area (Å²) in [6, 6.07) is 3.73. The second-order valence-electron chi connectivity index (χ2n) is 5.06. The Balaban J connectivity index is 1.45. The van der Waals surface area contributed by atoms with E-state index in [0.29, 0.717) is 18.7 Å². The van der Waals surface area contributed by atoms with E-state index in [9.17, 15) is 4.79 Å². The molecule has 1 amide bonds. The lowest BCUT2D eigenvalue weighted by atomic mass is 10.3. The van der Waals surface area contributed by atoms with Crippen LogP contribution in [0.4, 0.5) is 11.6 Å². The van der Waals surface area contributed by atoms with Gasteiger partial charge in [0.25, 0.3) is 5.91 Å². The van der Waals surface area contributed by atoms with E-state index in [1.54, 1.807) is 6.33 Å². The summed E-state index contributed by atoms with van der Waals surface area (Å²) < 4.78 is 5.34. The molecule has 1 fully saturated rings. The molecule has 3 heterocycles. The van der Waals surface area contributed by atoms with Gasteiger partial charge >= 0.3 is 0 Å². The first-order valence-electron chi connectivity index (χ1n) is 7.52. The molecule has 1 aliphatic heterocycles. The number of anilines is 2. The van der Waals surface area contributed by atoms with Crippen LogP contribution in [0.3, 0.4) is 0 Å². The third-order valence-corrected chi connectivity index (χ3v) is 4.17. The molecule has 0 atom stereocenters. The molecule has 7 nitrogen and oxygen atoms in total. The van der Waals surface area contributed by atoms with Crippen LogP contribution in [0.2, 0.25) is 0 Å². The average Bonchev–Trinajstić information content (AvgIpc) is 3.14. The number of ether oxygens (including phenoxy) is 1. The Labute approximate surface area is 138 Å². The molecule has 1 aliphatic rings. The van der Waals surface area contributed by atoms with Gasteiger partial charge in [-0.2, -0.15) is 11.3 Å². The minimum atomic E-state index is -0.0512. The highest BCUT2D eigenvalue weighted by atomic mass is 32.1. The van der Waals surface area contributed by atoms with E-state index >= 15 is 0 Å². The van der Waals surface area contributed by atoms with Gasteiger partial charge in [-0.3, -0.25) is 4.79 Å². The van der Waals surface area contributed by atoms with Crippen molar-refractivity contribution in [2.75, 3.05) is 49.6 Å². The first-order chi connectivity index (χ1) is 11.3. The van der Waals surface area contributed by atoms with Crippen LogP contribution < -0.4 is 15.5 Å². The van der Waals surface area contributed by atoms with Crippen molar-refractivity contribution in [1.29, 1.82) is 0 Å². The summed E-state index contributed by atoms with van der Waals surface area (Å²) in [4.78, 5) is 22.5. The van der Waals surface area contributed by atoms with Gasteiger partial charge in [0, 0.05) is 43.2 Å². The fraction of sp³-hybridized carbons (Fsp3) is 0.400. The van der Waals surface area contributed by atoms with Crippen molar-refractivity contribution in [3.8, 4) is 0 Å². The van der Waals surface area contributed by atoms with Crippen molar-refractivity contribution >= 4 is 28.9 Å². The van der Waals surface area contributed by atoms with Crippen LogP contribution in [0, 0.1) is 0 Å². The van der Waals surface area contributed by atoms with Crippen molar-refractivity contribution in [2.24, 2.45) is 0 Å². The zero-order valence-corrected chi connectivity index (χ0v) is 13.5. The highest BCUT2D eigenvalue weighted by Gasteiger charge is 2.12. The normalized spacial score (nSPS) is 14.5. The molecular formula is C15H19N5O2S. The van der Waals surface area contributed by atoms with Crippen LogP contribution in [-0.2, 0) is 4.74 Å². The minimum Gasteiger partial charge on any atom is -0.378 e. The van der Waals surface area contributed by atoms with Gasteiger partial charge in [0.2, 0.25) is 0 Å². The lowest BCUT2D eigenvalue weighted by Gasteiger charge is -2.27. The number of aromatic nitrogens is 2. The van der Waals surface area contributed by atoms with Gasteiger partial charge in [0.05, 0.1) is 13.2 Å². The highest BCUT2D eigenvalue weighted by molar-refractivity contribution is 7.08. The van der Waals surface area contributed by atoms with Crippen LogP contribution in [0.25, 0.3) is 0 Å². The SMILES string of the molecule is O=C(NCCNc1cc(N2CCOCC2)ncn1)c1ccsc1. The Kier molecular flexibility index (Phi) is 5.38. The predicted octanol–water partition coefficient (Wildman–Crippen LogP) is 1.22. The van der Waals surface area contributed by atoms with Gasteiger partial charge in [-0.1, -0.05) is 0 Å². The number of morpholine rings is 1. The zero-order chi connectivity index (χ0) is 15.9. The van der Waals surface area contributed by atoms with E-state index in [2.05, 4.69) is 25.5 Å². The van der Waals surface area contributed by atoms with Gasteiger partial charge in [-0.05, 0) is 11.4 Å². The molecule has 2 aromatic rings. The Morgan fingerprint density at radius 1 is 1.30 bits per heavy atom. The molecule has 0 saturated carbocycles. The average molecular weight is 333 g/mol. The molecule has 2 N–H and O–H groups in total. The molecule has 0 aromatic carbocycles. The van der Waals surface area contributed by atoms with Crippen molar-refractivity contribution < 1.29 is 9.53 Å². The second-order valence-corrected chi connectivity index (χ2v) is 5.84. The number of carbonyl (C=O) groups is 1. The molecule has 0 spiro atoms. The van der Waals surface area contributed by atoms with E-state index in [1.807, 2.05) is 22.9 Å². The Hall–Kier alpha value is -2.19. The quantitative estimate of drug-likeness (QED) is 0.774. The number of nitrogens with one attached hydrogen (secondary N) is 2. The summed E-state index contributed by atoms with van der Waals surface area (Å²) in [6.07, 6.45) is 1.55. The van der Waals surface area contributed by atoms with Crippen molar-refractivity contribution in [2.45, 2.75) is 0 Å². The summed E-state index contributed by atoms with van der Waals surface area (Å²) in [5.41, 5.74) is 0.701. The van der Waals surface area contributed by atoms with Crippen LogP contribution in [-0.4, -0.2) is 55.3 Å². The Morgan fingerprint density at radius 3 is 2.96 bits per heavy atom. The first-order valence-corrected chi connectivity index (χ1v) is 8.46. The summed E-state index contributed by atoms with van der Waals surface area (Å²) in [6.45, 7) is 4.27. The summed E-state index contributed by atoms with van der Waals surface area (Å²) in [5, 5.41) is 9.80. The summed E-state index contributed by atoms with van der Waals surface area (Å²) in [7, 11) is 0. The number of carbonyl (C=O) groups excluding carboxylic acids is 1. The summed E-state index contributed by atoms with van der Waals surface area (Å²) in [5.74, 6) is 1.60. The molecule has 122 valence electrons. The molecule has 0 aliphatic carbocycles. The molecule has 23 heavy (non-hydrogen) atoms. The van der Waals surface area contributed by atoms with Crippen LogP contribution >= 0.6 is 11.3 Å². The summed E-state index contributed by atoms with van der Waals surface area (Å²) >= 11 is 1.51. The number of nitrogens with zero attached hydrogens (tertiary/aromatic N) is 3. The van der Waals surface area contributed by atoms with E-state index in [1.165, 1.54) is 11.3 Å². The highest BCUT2D eigenvalue weighted by Crippen LogP contribution is 2.15. The lowest BCUT2D eigenvalue weighted by Crippen LogP contribution is -2.36. The molecule has 0 radical (unpaired) electrons.